The molecule has 0 bridgehead atoms. The van der Waals surface area contributed by atoms with E-state index >= 15 is 0 Å². The van der Waals surface area contributed by atoms with Crippen molar-refractivity contribution in [3.8, 4) is 5.75 Å². The van der Waals surface area contributed by atoms with Crippen molar-refractivity contribution in [1.82, 2.24) is 0 Å². The van der Waals surface area contributed by atoms with Gasteiger partial charge < -0.3 is 4.74 Å². The van der Waals surface area contributed by atoms with E-state index in [2.05, 4.69) is 4.74 Å². The molecule has 90 valence electrons. The highest BCUT2D eigenvalue weighted by molar-refractivity contribution is 6.35. The zero-order valence-corrected chi connectivity index (χ0v) is 8.80. The summed E-state index contributed by atoms with van der Waals surface area (Å²) < 4.78 is 64.7. The molecular formula is C8H3Cl2F5O. The van der Waals surface area contributed by atoms with Crippen LogP contribution < -0.4 is 4.74 Å². The van der Waals surface area contributed by atoms with Gasteiger partial charge in [0.15, 0.2) is 5.75 Å². The predicted molar refractivity (Wildman–Crippen MR) is 48.1 cm³/mol. The standard InChI is InChI=1S/C8H3Cl2F5O/c9-3-1-4(8(13,14)15)6(5(10)2-3)16-7(11)12/h1-2,7H. The molecule has 0 atom stereocenters. The largest absolute Gasteiger partial charge is 0.433 e. The molecule has 0 N–H and O–H groups in total. The summed E-state index contributed by atoms with van der Waals surface area (Å²) in [6.07, 6.45) is -4.88. The molecule has 1 nitrogen and oxygen atoms in total. The zero-order chi connectivity index (χ0) is 12.5. The molecule has 1 rings (SSSR count). The van der Waals surface area contributed by atoms with Crippen molar-refractivity contribution in [1.29, 1.82) is 0 Å². The van der Waals surface area contributed by atoms with Gasteiger partial charge in [-0.2, -0.15) is 22.0 Å². The maximum absolute atomic E-state index is 12.4. The molecule has 0 unspecified atom stereocenters. The van der Waals surface area contributed by atoms with Crippen molar-refractivity contribution in [3.63, 3.8) is 0 Å². The van der Waals surface area contributed by atoms with Crippen molar-refractivity contribution in [2.45, 2.75) is 12.8 Å². The van der Waals surface area contributed by atoms with E-state index < -0.39 is 29.1 Å². The smallest absolute Gasteiger partial charge is 0.420 e. The van der Waals surface area contributed by atoms with E-state index in [0.717, 1.165) is 6.07 Å². The molecule has 0 fully saturated rings. The van der Waals surface area contributed by atoms with Gasteiger partial charge in [0, 0.05) is 5.02 Å². The van der Waals surface area contributed by atoms with Gasteiger partial charge in [-0.05, 0) is 12.1 Å². The first-order valence-corrected chi connectivity index (χ1v) is 4.48. The van der Waals surface area contributed by atoms with Crippen molar-refractivity contribution < 1.29 is 26.7 Å². The van der Waals surface area contributed by atoms with E-state index in [9.17, 15) is 22.0 Å². The predicted octanol–water partition coefficient (Wildman–Crippen LogP) is 4.61. The average Bonchev–Trinajstić information content (AvgIpc) is 2.06. The lowest BCUT2D eigenvalue weighted by Crippen LogP contribution is -2.12. The summed E-state index contributed by atoms with van der Waals surface area (Å²) in [6.45, 7) is -3.40. The maximum atomic E-state index is 12.4. The first kappa shape index (κ1) is 13.3. The molecule has 0 aliphatic carbocycles. The Hall–Kier alpha value is -0.750. The molecule has 0 amide bonds. The molecule has 1 aromatic rings. The van der Waals surface area contributed by atoms with Crippen LogP contribution in [0.1, 0.15) is 5.56 Å². The SMILES string of the molecule is FC(F)Oc1c(Cl)cc(Cl)cc1C(F)(F)F. The molecule has 0 aliphatic heterocycles. The van der Waals surface area contributed by atoms with Gasteiger partial charge in [-0.1, -0.05) is 23.2 Å². The highest BCUT2D eigenvalue weighted by Crippen LogP contribution is 2.42. The van der Waals surface area contributed by atoms with E-state index in [1.807, 2.05) is 0 Å². The Kier molecular flexibility index (Phi) is 3.85. The maximum Gasteiger partial charge on any atom is 0.420 e. The van der Waals surface area contributed by atoms with E-state index in [-0.39, 0.29) is 5.02 Å². The molecule has 0 heterocycles. The third kappa shape index (κ3) is 3.12. The van der Waals surface area contributed by atoms with Crippen LogP contribution in [0, 0.1) is 0 Å². The average molecular weight is 281 g/mol. The Morgan fingerprint density at radius 2 is 1.69 bits per heavy atom. The lowest BCUT2D eigenvalue weighted by atomic mass is 10.2. The Morgan fingerprint density at radius 1 is 1.12 bits per heavy atom. The van der Waals surface area contributed by atoms with Crippen LogP contribution in [0.25, 0.3) is 0 Å². The van der Waals surface area contributed by atoms with Crippen LogP contribution in [0.4, 0.5) is 22.0 Å². The van der Waals surface area contributed by atoms with Crippen LogP contribution in [0.5, 0.6) is 5.75 Å². The van der Waals surface area contributed by atoms with E-state index in [0.29, 0.717) is 6.07 Å². The topological polar surface area (TPSA) is 9.23 Å². The Morgan fingerprint density at radius 3 is 2.12 bits per heavy atom. The Labute approximate surface area is 96.7 Å². The van der Waals surface area contributed by atoms with Crippen LogP contribution in [0.15, 0.2) is 12.1 Å². The number of ether oxygens (including phenoxy) is 1. The molecule has 8 heteroatoms. The number of rotatable bonds is 2. The number of hydrogen-bond donors (Lipinski definition) is 0. The molecule has 0 saturated carbocycles. The molecule has 1 aromatic carbocycles. The number of alkyl halides is 5. The highest BCUT2D eigenvalue weighted by atomic mass is 35.5. The number of hydrogen-bond acceptors (Lipinski definition) is 1. The third-order valence-corrected chi connectivity index (χ3v) is 2.02. The van der Waals surface area contributed by atoms with Gasteiger partial charge in [-0.3, -0.25) is 0 Å². The molecule has 0 aromatic heterocycles. The number of halogens is 7. The summed E-state index contributed by atoms with van der Waals surface area (Å²) >= 11 is 10.7. The fraction of sp³-hybridized carbons (Fsp3) is 0.250. The quantitative estimate of drug-likeness (QED) is 0.719. The van der Waals surface area contributed by atoms with Crippen molar-refractivity contribution in [2.24, 2.45) is 0 Å². The summed E-state index contributed by atoms with van der Waals surface area (Å²) in [4.78, 5) is 0. The van der Waals surface area contributed by atoms with E-state index in [1.165, 1.54) is 0 Å². The molecule has 0 spiro atoms. The van der Waals surface area contributed by atoms with Crippen LogP contribution in [0.3, 0.4) is 0 Å². The van der Waals surface area contributed by atoms with Crippen molar-refractivity contribution in [2.75, 3.05) is 0 Å². The Bertz CT molecular complexity index is 391. The number of benzene rings is 1. The van der Waals surface area contributed by atoms with Gasteiger partial charge in [-0.15, -0.1) is 0 Å². The second-order valence-electron chi connectivity index (χ2n) is 2.64. The summed E-state index contributed by atoms with van der Waals surface area (Å²) in [5.41, 5.74) is -1.44. The summed E-state index contributed by atoms with van der Waals surface area (Å²) in [5.74, 6) is -1.13. The van der Waals surface area contributed by atoms with Gasteiger partial charge in [0.25, 0.3) is 0 Å². The summed E-state index contributed by atoms with van der Waals surface area (Å²) in [7, 11) is 0. The van der Waals surface area contributed by atoms with Crippen LogP contribution in [-0.2, 0) is 6.18 Å². The first-order valence-electron chi connectivity index (χ1n) is 3.73. The van der Waals surface area contributed by atoms with Gasteiger partial charge in [-0.25, -0.2) is 0 Å². The first-order chi connectivity index (χ1) is 7.21. The van der Waals surface area contributed by atoms with Crippen LogP contribution in [0.2, 0.25) is 10.0 Å². The Balaban J connectivity index is 3.33. The molecule has 0 saturated heterocycles. The highest BCUT2D eigenvalue weighted by Gasteiger charge is 2.36. The second kappa shape index (κ2) is 4.63. The second-order valence-corrected chi connectivity index (χ2v) is 3.48. The lowest BCUT2D eigenvalue weighted by Gasteiger charge is -2.15. The molecular weight excluding hydrogens is 278 g/mol. The lowest BCUT2D eigenvalue weighted by molar-refractivity contribution is -0.141. The van der Waals surface area contributed by atoms with Gasteiger partial charge in [0.2, 0.25) is 0 Å². The summed E-state index contributed by atoms with van der Waals surface area (Å²) in [6, 6.07) is 1.35. The van der Waals surface area contributed by atoms with E-state index in [4.69, 9.17) is 23.2 Å². The van der Waals surface area contributed by atoms with Crippen molar-refractivity contribution in [3.05, 3.63) is 27.7 Å². The van der Waals surface area contributed by atoms with Gasteiger partial charge in [0.05, 0.1) is 5.02 Å². The molecule has 16 heavy (non-hydrogen) atoms. The molecule has 0 radical (unpaired) electrons. The minimum absolute atomic E-state index is 0.320. The monoisotopic (exact) mass is 280 g/mol. The normalized spacial score (nSPS) is 12.0. The molecule has 0 aliphatic rings. The van der Waals surface area contributed by atoms with Crippen LogP contribution >= 0.6 is 23.2 Å². The van der Waals surface area contributed by atoms with Gasteiger partial charge >= 0.3 is 12.8 Å². The minimum atomic E-state index is -4.88. The zero-order valence-electron chi connectivity index (χ0n) is 7.29. The van der Waals surface area contributed by atoms with Gasteiger partial charge in [0.1, 0.15) is 5.56 Å². The summed E-state index contributed by atoms with van der Waals surface area (Å²) in [5, 5.41) is -0.945. The fourth-order valence-corrected chi connectivity index (χ4v) is 1.52. The fourth-order valence-electron chi connectivity index (χ4n) is 0.980. The minimum Gasteiger partial charge on any atom is -0.433 e. The van der Waals surface area contributed by atoms with Crippen LogP contribution in [-0.4, -0.2) is 6.61 Å². The van der Waals surface area contributed by atoms with E-state index in [1.54, 1.807) is 0 Å². The van der Waals surface area contributed by atoms with Crippen molar-refractivity contribution >= 4 is 23.2 Å². The third-order valence-electron chi connectivity index (χ3n) is 1.52.